The molecule has 3 rings (SSSR count). The minimum Gasteiger partial charge on any atom is -0.444 e. The first-order chi connectivity index (χ1) is 10.7. The normalized spacial score (nSPS) is 24.0. The Labute approximate surface area is 143 Å². The van der Waals surface area contributed by atoms with Crippen LogP contribution in [0.15, 0.2) is 21.2 Å². The van der Waals surface area contributed by atoms with Gasteiger partial charge in [-0.15, -0.1) is 0 Å². The minimum atomic E-state index is -0.483. The van der Waals surface area contributed by atoms with Crippen LogP contribution >= 0.6 is 15.9 Å². The number of fused-ring (bicyclic) bond motifs is 1. The molecule has 0 N–H and O–H groups in total. The maximum Gasteiger partial charge on any atom is 0.410 e. The van der Waals surface area contributed by atoms with E-state index in [2.05, 4.69) is 15.9 Å². The zero-order chi connectivity index (χ0) is 16.8. The van der Waals surface area contributed by atoms with Gasteiger partial charge >= 0.3 is 6.09 Å². The Morgan fingerprint density at radius 2 is 1.70 bits per heavy atom. The van der Waals surface area contributed by atoms with Crippen LogP contribution in [0, 0.1) is 11.8 Å². The van der Waals surface area contributed by atoms with Gasteiger partial charge in [0, 0.05) is 38.0 Å². The van der Waals surface area contributed by atoms with E-state index in [1.807, 2.05) is 25.7 Å². The standard InChI is InChI=1S/C16H21BrN2O4/c1-16(2,3)23-15(21)19-8-10-6-18(7-11(10)9-19)14(20)12-4-5-13(17)22-12/h4-5,10-11H,6-9H2,1-3H3. The summed E-state index contributed by atoms with van der Waals surface area (Å²) < 4.78 is 11.3. The highest BCUT2D eigenvalue weighted by molar-refractivity contribution is 9.10. The molecule has 0 aliphatic carbocycles. The van der Waals surface area contributed by atoms with E-state index in [1.165, 1.54) is 0 Å². The maximum absolute atomic E-state index is 12.4. The van der Waals surface area contributed by atoms with Crippen LogP contribution in [0.4, 0.5) is 4.79 Å². The van der Waals surface area contributed by atoms with Crippen molar-refractivity contribution in [2.75, 3.05) is 26.2 Å². The van der Waals surface area contributed by atoms with Crippen molar-refractivity contribution in [3.63, 3.8) is 0 Å². The van der Waals surface area contributed by atoms with Gasteiger partial charge in [0.25, 0.3) is 5.91 Å². The smallest absolute Gasteiger partial charge is 0.410 e. The molecule has 1 aromatic rings. The molecule has 0 bridgehead atoms. The third-order valence-corrected chi connectivity index (χ3v) is 4.64. The number of carbonyl (C=O) groups excluding carboxylic acids is 2. The summed E-state index contributed by atoms with van der Waals surface area (Å²) in [6.07, 6.45) is -0.264. The van der Waals surface area contributed by atoms with E-state index in [9.17, 15) is 9.59 Å². The van der Waals surface area contributed by atoms with Gasteiger partial charge in [-0.1, -0.05) is 0 Å². The van der Waals surface area contributed by atoms with Crippen molar-refractivity contribution in [2.24, 2.45) is 11.8 Å². The van der Waals surface area contributed by atoms with Crippen LogP contribution in [-0.4, -0.2) is 53.6 Å². The lowest BCUT2D eigenvalue weighted by atomic mass is 10.0. The average Bonchev–Trinajstić information content (AvgIpc) is 3.08. The minimum absolute atomic E-state index is 0.0890. The molecule has 2 atom stereocenters. The second kappa shape index (κ2) is 5.85. The van der Waals surface area contributed by atoms with Gasteiger partial charge in [-0.2, -0.15) is 0 Å². The van der Waals surface area contributed by atoms with Crippen molar-refractivity contribution in [1.82, 2.24) is 9.80 Å². The highest BCUT2D eigenvalue weighted by Crippen LogP contribution is 2.33. The van der Waals surface area contributed by atoms with Crippen LogP contribution in [0.2, 0.25) is 0 Å². The molecule has 2 unspecified atom stereocenters. The molecule has 0 saturated carbocycles. The molecular weight excluding hydrogens is 364 g/mol. The number of furan rings is 1. The summed E-state index contributed by atoms with van der Waals surface area (Å²) in [4.78, 5) is 28.1. The lowest BCUT2D eigenvalue weighted by Gasteiger charge is -2.25. The van der Waals surface area contributed by atoms with Crippen molar-refractivity contribution in [2.45, 2.75) is 26.4 Å². The predicted octanol–water partition coefficient (Wildman–Crippen LogP) is 2.98. The van der Waals surface area contributed by atoms with E-state index in [4.69, 9.17) is 9.15 Å². The van der Waals surface area contributed by atoms with Crippen molar-refractivity contribution in [1.29, 1.82) is 0 Å². The molecular formula is C16H21BrN2O4. The topological polar surface area (TPSA) is 63.0 Å². The number of carbonyl (C=O) groups is 2. The molecule has 126 valence electrons. The molecule has 0 aromatic carbocycles. The lowest BCUT2D eigenvalue weighted by Crippen LogP contribution is -2.38. The van der Waals surface area contributed by atoms with E-state index in [-0.39, 0.29) is 12.0 Å². The second-order valence-corrected chi connectivity index (χ2v) is 8.00. The molecule has 7 heteroatoms. The number of likely N-dealkylation sites (tertiary alicyclic amines) is 2. The molecule has 2 aliphatic heterocycles. The van der Waals surface area contributed by atoms with Gasteiger partial charge in [-0.05, 0) is 48.8 Å². The lowest BCUT2D eigenvalue weighted by molar-refractivity contribution is 0.0275. The summed E-state index contributed by atoms with van der Waals surface area (Å²) in [6.45, 7) is 8.19. The van der Waals surface area contributed by atoms with Gasteiger partial charge in [0.05, 0.1) is 0 Å². The fourth-order valence-corrected chi connectivity index (χ4v) is 3.53. The molecule has 0 spiro atoms. The fourth-order valence-electron chi connectivity index (χ4n) is 3.22. The molecule has 1 aromatic heterocycles. The van der Waals surface area contributed by atoms with Crippen LogP contribution < -0.4 is 0 Å². The molecule has 2 aliphatic rings. The monoisotopic (exact) mass is 384 g/mol. The highest BCUT2D eigenvalue weighted by Gasteiger charge is 2.44. The summed E-state index contributed by atoms with van der Waals surface area (Å²) in [5.41, 5.74) is -0.483. The van der Waals surface area contributed by atoms with E-state index in [1.54, 1.807) is 17.0 Å². The van der Waals surface area contributed by atoms with Crippen LogP contribution in [0.3, 0.4) is 0 Å². The van der Waals surface area contributed by atoms with Crippen molar-refractivity contribution >= 4 is 27.9 Å². The zero-order valence-electron chi connectivity index (χ0n) is 13.5. The predicted molar refractivity (Wildman–Crippen MR) is 87.1 cm³/mol. The third-order valence-electron chi connectivity index (χ3n) is 4.21. The van der Waals surface area contributed by atoms with Gasteiger partial charge in [0.2, 0.25) is 0 Å². The molecule has 2 fully saturated rings. The van der Waals surface area contributed by atoms with Gasteiger partial charge in [-0.3, -0.25) is 4.79 Å². The van der Waals surface area contributed by atoms with E-state index < -0.39 is 5.60 Å². The number of halogens is 1. The van der Waals surface area contributed by atoms with Crippen molar-refractivity contribution < 1.29 is 18.7 Å². The Balaban J connectivity index is 1.57. The Morgan fingerprint density at radius 3 is 2.17 bits per heavy atom. The summed E-state index contributed by atoms with van der Waals surface area (Å²) in [5.74, 6) is 0.879. The van der Waals surface area contributed by atoms with Crippen molar-refractivity contribution in [3.8, 4) is 0 Å². The molecule has 3 heterocycles. The van der Waals surface area contributed by atoms with E-state index in [0.717, 1.165) is 0 Å². The number of rotatable bonds is 1. The first-order valence-corrected chi connectivity index (χ1v) is 8.55. The summed E-state index contributed by atoms with van der Waals surface area (Å²) in [6, 6.07) is 3.39. The Bertz CT molecular complexity index is 608. The zero-order valence-corrected chi connectivity index (χ0v) is 15.1. The maximum atomic E-state index is 12.4. The molecule has 2 saturated heterocycles. The first-order valence-electron chi connectivity index (χ1n) is 7.75. The van der Waals surface area contributed by atoms with E-state index >= 15 is 0 Å². The number of ether oxygens (including phenoxy) is 1. The van der Waals surface area contributed by atoms with Gasteiger partial charge < -0.3 is 19.0 Å². The van der Waals surface area contributed by atoms with Gasteiger partial charge in [0.15, 0.2) is 10.4 Å². The SMILES string of the molecule is CC(C)(C)OC(=O)N1CC2CN(C(=O)c3ccc(Br)o3)CC2C1. The second-order valence-electron chi connectivity index (χ2n) is 7.22. The largest absolute Gasteiger partial charge is 0.444 e. The highest BCUT2D eigenvalue weighted by atomic mass is 79.9. The van der Waals surface area contributed by atoms with E-state index in [0.29, 0.717) is 48.4 Å². The van der Waals surface area contributed by atoms with Gasteiger partial charge in [-0.25, -0.2) is 4.79 Å². The fraction of sp³-hybridized carbons (Fsp3) is 0.625. The molecule has 0 radical (unpaired) electrons. The van der Waals surface area contributed by atoms with Gasteiger partial charge in [0.1, 0.15) is 5.60 Å². The Morgan fingerprint density at radius 1 is 1.13 bits per heavy atom. The molecule has 23 heavy (non-hydrogen) atoms. The number of amides is 2. The Kier molecular flexibility index (Phi) is 4.16. The van der Waals surface area contributed by atoms with Crippen molar-refractivity contribution in [3.05, 3.63) is 22.6 Å². The number of nitrogens with zero attached hydrogens (tertiary/aromatic N) is 2. The summed E-state index contributed by atoms with van der Waals surface area (Å²) in [5, 5.41) is 0. The Hall–Kier alpha value is -1.50. The van der Waals surface area contributed by atoms with Crippen LogP contribution in [0.5, 0.6) is 0 Å². The molecule has 6 nitrogen and oxygen atoms in total. The average molecular weight is 385 g/mol. The molecule has 2 amide bonds. The first kappa shape index (κ1) is 16.4. The third kappa shape index (κ3) is 3.54. The number of hydrogen-bond donors (Lipinski definition) is 0. The number of hydrogen-bond acceptors (Lipinski definition) is 4. The van der Waals surface area contributed by atoms with Crippen LogP contribution in [-0.2, 0) is 4.74 Å². The summed E-state index contributed by atoms with van der Waals surface area (Å²) in [7, 11) is 0. The summed E-state index contributed by atoms with van der Waals surface area (Å²) >= 11 is 3.21. The van der Waals surface area contributed by atoms with Crippen LogP contribution in [0.1, 0.15) is 31.3 Å². The van der Waals surface area contributed by atoms with Crippen LogP contribution in [0.25, 0.3) is 0 Å². The quantitative estimate of drug-likeness (QED) is 0.746.